The van der Waals surface area contributed by atoms with E-state index in [-0.39, 0.29) is 6.42 Å². The fourth-order valence-electron chi connectivity index (χ4n) is 2.47. The number of thioether (sulfide) groups is 1. The van der Waals surface area contributed by atoms with Gasteiger partial charge in [-0.2, -0.15) is 11.8 Å². The molecule has 2 heterocycles. The largest absolute Gasteiger partial charge is 0.481 e. The molecule has 0 bridgehead atoms. The van der Waals surface area contributed by atoms with Crippen LogP contribution in [0.1, 0.15) is 54.7 Å². The van der Waals surface area contributed by atoms with Gasteiger partial charge >= 0.3 is 5.97 Å². The Hall–Kier alpha value is -1.10. The van der Waals surface area contributed by atoms with E-state index in [4.69, 9.17) is 5.11 Å². The second-order valence-corrected chi connectivity index (χ2v) is 6.04. The first-order valence-electron chi connectivity index (χ1n) is 6.87. The lowest BCUT2D eigenvalue weighted by molar-refractivity contribution is -0.136. The van der Waals surface area contributed by atoms with E-state index in [1.807, 2.05) is 25.6 Å². The standard InChI is InChI=1S/C14H20N2O2S/c1-3-10-9(8-13(17)18)11(4-2)16-14(15-10)12-6-5-7-19-12/h12H,3-8H2,1-2H3,(H,17,18). The molecule has 0 aromatic carbocycles. The van der Waals surface area contributed by atoms with Crippen LogP contribution in [0.15, 0.2) is 0 Å². The second-order valence-electron chi connectivity index (χ2n) is 4.73. The van der Waals surface area contributed by atoms with Gasteiger partial charge in [-0.25, -0.2) is 9.97 Å². The van der Waals surface area contributed by atoms with Crippen molar-refractivity contribution in [2.24, 2.45) is 0 Å². The normalized spacial score (nSPS) is 18.7. The Labute approximate surface area is 118 Å². The molecular weight excluding hydrogens is 260 g/mol. The number of aliphatic carboxylic acids is 1. The SMILES string of the molecule is CCc1nc(C2CCCS2)nc(CC)c1CC(=O)O. The number of aromatic nitrogens is 2. The first-order chi connectivity index (χ1) is 9.15. The zero-order valence-electron chi connectivity index (χ0n) is 11.5. The number of carboxylic acids is 1. The highest BCUT2D eigenvalue weighted by Gasteiger charge is 2.23. The molecule has 0 aliphatic carbocycles. The molecule has 1 aromatic rings. The third-order valence-corrected chi connectivity index (χ3v) is 4.78. The summed E-state index contributed by atoms with van der Waals surface area (Å²) in [6.45, 7) is 4.05. The minimum absolute atomic E-state index is 0.0322. The number of aryl methyl sites for hydroxylation is 2. The lowest BCUT2D eigenvalue weighted by atomic mass is 10.0. The molecule has 0 saturated carbocycles. The van der Waals surface area contributed by atoms with Crippen LogP contribution in [0, 0.1) is 0 Å². The van der Waals surface area contributed by atoms with E-state index < -0.39 is 5.97 Å². The first kappa shape index (κ1) is 14.3. The van der Waals surface area contributed by atoms with Crippen molar-refractivity contribution >= 4 is 17.7 Å². The van der Waals surface area contributed by atoms with E-state index in [9.17, 15) is 4.79 Å². The van der Waals surface area contributed by atoms with Crippen LogP contribution >= 0.6 is 11.8 Å². The molecule has 1 N–H and O–H groups in total. The number of carboxylic acid groups (broad SMARTS) is 1. The summed E-state index contributed by atoms with van der Waals surface area (Å²) in [7, 11) is 0. The van der Waals surface area contributed by atoms with Crippen LogP contribution in [0.2, 0.25) is 0 Å². The van der Waals surface area contributed by atoms with Crippen LogP contribution in [0.25, 0.3) is 0 Å². The van der Waals surface area contributed by atoms with Crippen LogP contribution in [-0.4, -0.2) is 26.8 Å². The number of hydrogen-bond donors (Lipinski definition) is 1. The number of hydrogen-bond acceptors (Lipinski definition) is 4. The number of carbonyl (C=O) groups is 1. The summed E-state index contributed by atoms with van der Waals surface area (Å²) in [5.41, 5.74) is 2.65. The Balaban J connectivity index is 2.40. The summed E-state index contributed by atoms with van der Waals surface area (Å²) in [4.78, 5) is 20.3. The molecule has 1 atom stereocenters. The zero-order chi connectivity index (χ0) is 13.8. The monoisotopic (exact) mass is 280 g/mol. The van der Waals surface area contributed by atoms with E-state index in [1.165, 1.54) is 12.2 Å². The Morgan fingerprint density at radius 1 is 1.32 bits per heavy atom. The Morgan fingerprint density at radius 3 is 2.37 bits per heavy atom. The van der Waals surface area contributed by atoms with Gasteiger partial charge in [0.05, 0.1) is 11.7 Å². The summed E-state index contributed by atoms with van der Waals surface area (Å²) in [6, 6.07) is 0. The maximum absolute atomic E-state index is 11.0. The van der Waals surface area contributed by atoms with Gasteiger partial charge in [-0.15, -0.1) is 0 Å². The molecule has 2 rings (SSSR count). The predicted molar refractivity (Wildman–Crippen MR) is 76.6 cm³/mol. The van der Waals surface area contributed by atoms with Gasteiger partial charge in [0.25, 0.3) is 0 Å². The van der Waals surface area contributed by atoms with Gasteiger partial charge in [0.2, 0.25) is 0 Å². The van der Waals surface area contributed by atoms with Crippen molar-refractivity contribution in [3.63, 3.8) is 0 Å². The van der Waals surface area contributed by atoms with Crippen LogP contribution in [0.5, 0.6) is 0 Å². The summed E-state index contributed by atoms with van der Waals surface area (Å²) in [5.74, 6) is 1.27. The van der Waals surface area contributed by atoms with E-state index in [2.05, 4.69) is 9.97 Å². The third kappa shape index (κ3) is 3.26. The molecule has 5 heteroatoms. The highest BCUT2D eigenvalue weighted by Crippen LogP contribution is 2.38. The lowest BCUT2D eigenvalue weighted by Gasteiger charge is -2.15. The molecule has 1 fully saturated rings. The Bertz CT molecular complexity index is 446. The Morgan fingerprint density at radius 2 is 1.95 bits per heavy atom. The van der Waals surface area contributed by atoms with Gasteiger partial charge in [0.1, 0.15) is 5.82 Å². The minimum atomic E-state index is -0.809. The predicted octanol–water partition coefficient (Wildman–Crippen LogP) is 2.80. The number of nitrogens with zero attached hydrogens (tertiary/aromatic N) is 2. The summed E-state index contributed by atoms with van der Waals surface area (Å²) in [5, 5.41) is 9.43. The van der Waals surface area contributed by atoms with Gasteiger partial charge in [-0.05, 0) is 31.4 Å². The molecule has 0 amide bonds. The topological polar surface area (TPSA) is 63.1 Å². The quantitative estimate of drug-likeness (QED) is 0.898. The van der Waals surface area contributed by atoms with Gasteiger partial charge in [0, 0.05) is 17.0 Å². The van der Waals surface area contributed by atoms with Crippen molar-refractivity contribution in [2.45, 2.75) is 51.2 Å². The molecular formula is C14H20N2O2S. The molecule has 1 unspecified atom stereocenters. The molecule has 1 aliphatic heterocycles. The van der Waals surface area contributed by atoms with Crippen molar-refractivity contribution in [3.05, 3.63) is 22.8 Å². The smallest absolute Gasteiger partial charge is 0.307 e. The molecule has 19 heavy (non-hydrogen) atoms. The molecule has 4 nitrogen and oxygen atoms in total. The lowest BCUT2D eigenvalue weighted by Crippen LogP contribution is -2.13. The zero-order valence-corrected chi connectivity index (χ0v) is 12.3. The molecule has 0 spiro atoms. The number of rotatable bonds is 5. The van der Waals surface area contributed by atoms with E-state index >= 15 is 0 Å². The van der Waals surface area contributed by atoms with Crippen molar-refractivity contribution in [1.82, 2.24) is 9.97 Å². The average molecular weight is 280 g/mol. The van der Waals surface area contributed by atoms with E-state index in [1.54, 1.807) is 0 Å². The molecule has 0 radical (unpaired) electrons. The maximum Gasteiger partial charge on any atom is 0.307 e. The van der Waals surface area contributed by atoms with Crippen LogP contribution in [-0.2, 0) is 24.1 Å². The Kier molecular flexibility index (Phi) is 4.80. The van der Waals surface area contributed by atoms with Crippen molar-refractivity contribution < 1.29 is 9.90 Å². The summed E-state index contributed by atoms with van der Waals surface area (Å²) >= 11 is 1.91. The maximum atomic E-state index is 11.0. The minimum Gasteiger partial charge on any atom is -0.481 e. The molecule has 1 aromatic heterocycles. The first-order valence-corrected chi connectivity index (χ1v) is 7.92. The van der Waals surface area contributed by atoms with E-state index in [0.717, 1.165) is 42.0 Å². The highest BCUT2D eigenvalue weighted by atomic mass is 32.2. The van der Waals surface area contributed by atoms with Crippen LogP contribution in [0.4, 0.5) is 0 Å². The van der Waals surface area contributed by atoms with Crippen molar-refractivity contribution in [1.29, 1.82) is 0 Å². The van der Waals surface area contributed by atoms with E-state index in [0.29, 0.717) is 5.25 Å². The summed E-state index contributed by atoms with van der Waals surface area (Å²) in [6.07, 6.45) is 3.92. The average Bonchev–Trinajstić information content (AvgIpc) is 2.92. The molecule has 1 saturated heterocycles. The van der Waals surface area contributed by atoms with Crippen molar-refractivity contribution in [2.75, 3.05) is 5.75 Å². The van der Waals surface area contributed by atoms with Gasteiger partial charge < -0.3 is 5.11 Å². The van der Waals surface area contributed by atoms with Crippen LogP contribution in [0.3, 0.4) is 0 Å². The summed E-state index contributed by atoms with van der Waals surface area (Å²) < 4.78 is 0. The van der Waals surface area contributed by atoms with Crippen LogP contribution < -0.4 is 0 Å². The second kappa shape index (κ2) is 6.37. The van der Waals surface area contributed by atoms with Crippen molar-refractivity contribution in [3.8, 4) is 0 Å². The fraction of sp³-hybridized carbons (Fsp3) is 0.643. The van der Waals surface area contributed by atoms with Gasteiger partial charge in [0.15, 0.2) is 0 Å². The van der Waals surface area contributed by atoms with Gasteiger partial charge in [-0.3, -0.25) is 4.79 Å². The molecule has 1 aliphatic rings. The molecule has 104 valence electrons. The third-order valence-electron chi connectivity index (χ3n) is 3.41. The highest BCUT2D eigenvalue weighted by molar-refractivity contribution is 7.99. The van der Waals surface area contributed by atoms with Gasteiger partial charge in [-0.1, -0.05) is 13.8 Å². The fourth-order valence-corrected chi connectivity index (χ4v) is 3.67.